The fraction of sp³-hybridized carbons (Fsp3) is 0.250. The first-order valence-electron chi connectivity index (χ1n) is 8.57. The molecule has 0 aromatic heterocycles. The smallest absolute Gasteiger partial charge is 0.338 e. The lowest BCUT2D eigenvalue weighted by Crippen LogP contribution is -2.45. The number of carbonyl (C=O) groups excluding carboxylic acids is 2. The maximum Gasteiger partial charge on any atom is 0.338 e. The Morgan fingerprint density at radius 1 is 1.19 bits per heavy atom. The van der Waals surface area contributed by atoms with Crippen molar-refractivity contribution in [3.05, 3.63) is 53.2 Å². The van der Waals surface area contributed by atoms with Crippen LogP contribution >= 0.6 is 12.2 Å². The molecular weight excluding hydrogens is 364 g/mol. The van der Waals surface area contributed by atoms with Crippen molar-refractivity contribution in [2.75, 3.05) is 6.61 Å². The monoisotopic (exact) mass is 384 g/mol. The van der Waals surface area contributed by atoms with Gasteiger partial charge < -0.3 is 20.1 Å². The number of nitrogens with one attached hydrogen (secondary N) is 2. The standard InChI is InChI=1S/C20H20N2O4S/c1-4-25-19(24)16-11(2)21-20(27)22-18(16)17-14-8-6-5-7-13(14)9-10-15(17)26-12(3)23/h5-10,18H,4H2,1-3H3,(H2,21,22,27)/t18-/m1/s1. The summed E-state index contributed by atoms with van der Waals surface area (Å²) in [4.78, 5) is 24.3. The van der Waals surface area contributed by atoms with Crippen molar-refractivity contribution in [2.45, 2.75) is 26.8 Å². The highest BCUT2D eigenvalue weighted by Gasteiger charge is 2.34. The van der Waals surface area contributed by atoms with Gasteiger partial charge >= 0.3 is 11.9 Å². The van der Waals surface area contributed by atoms with Crippen LogP contribution in [0.5, 0.6) is 5.75 Å². The first-order valence-corrected chi connectivity index (χ1v) is 8.98. The van der Waals surface area contributed by atoms with Crippen LogP contribution in [0.3, 0.4) is 0 Å². The molecule has 0 saturated heterocycles. The zero-order valence-electron chi connectivity index (χ0n) is 15.3. The average Bonchev–Trinajstić information content (AvgIpc) is 2.60. The lowest BCUT2D eigenvalue weighted by atomic mass is 9.90. The third-order valence-corrected chi connectivity index (χ3v) is 4.46. The molecular formula is C20H20N2O4S. The summed E-state index contributed by atoms with van der Waals surface area (Å²) in [5.41, 5.74) is 1.66. The molecule has 0 unspecified atom stereocenters. The highest BCUT2D eigenvalue weighted by atomic mass is 32.1. The van der Waals surface area contributed by atoms with Crippen molar-refractivity contribution in [3.63, 3.8) is 0 Å². The third kappa shape index (κ3) is 3.78. The van der Waals surface area contributed by atoms with E-state index >= 15 is 0 Å². The number of hydrogen-bond donors (Lipinski definition) is 2. The fourth-order valence-corrected chi connectivity index (χ4v) is 3.48. The lowest BCUT2D eigenvalue weighted by Gasteiger charge is -2.31. The summed E-state index contributed by atoms with van der Waals surface area (Å²) in [6.45, 7) is 5.11. The maximum absolute atomic E-state index is 12.7. The van der Waals surface area contributed by atoms with Gasteiger partial charge in [0.25, 0.3) is 0 Å². The molecule has 1 aliphatic rings. The number of fused-ring (bicyclic) bond motifs is 1. The van der Waals surface area contributed by atoms with Crippen molar-refractivity contribution in [3.8, 4) is 5.75 Å². The van der Waals surface area contributed by atoms with Gasteiger partial charge in [-0.25, -0.2) is 4.79 Å². The Hall–Kier alpha value is -2.93. The number of thiocarbonyl (C=S) groups is 1. The van der Waals surface area contributed by atoms with E-state index in [1.807, 2.05) is 30.3 Å². The largest absolute Gasteiger partial charge is 0.463 e. The van der Waals surface area contributed by atoms with Crippen molar-refractivity contribution < 1.29 is 19.1 Å². The van der Waals surface area contributed by atoms with Gasteiger partial charge in [0.1, 0.15) is 5.75 Å². The molecule has 0 radical (unpaired) electrons. The van der Waals surface area contributed by atoms with Gasteiger partial charge in [0, 0.05) is 18.2 Å². The molecule has 2 N–H and O–H groups in total. The van der Waals surface area contributed by atoms with Crippen LogP contribution in [0, 0.1) is 0 Å². The molecule has 0 amide bonds. The molecule has 6 nitrogen and oxygen atoms in total. The molecule has 1 aliphatic heterocycles. The van der Waals surface area contributed by atoms with E-state index in [9.17, 15) is 9.59 Å². The first-order chi connectivity index (χ1) is 12.9. The number of hydrogen-bond acceptors (Lipinski definition) is 5. The van der Waals surface area contributed by atoms with Crippen LogP contribution in [0.4, 0.5) is 0 Å². The van der Waals surface area contributed by atoms with Gasteiger partial charge in [0.2, 0.25) is 0 Å². The van der Waals surface area contributed by atoms with E-state index in [2.05, 4.69) is 10.6 Å². The van der Waals surface area contributed by atoms with E-state index in [0.717, 1.165) is 10.8 Å². The molecule has 0 spiro atoms. The molecule has 1 atom stereocenters. The predicted octanol–water partition coefficient (Wildman–Crippen LogP) is 3.12. The number of esters is 2. The van der Waals surface area contributed by atoms with Crippen molar-refractivity contribution >= 4 is 40.0 Å². The number of ether oxygens (including phenoxy) is 2. The van der Waals surface area contributed by atoms with Crippen molar-refractivity contribution in [1.82, 2.24) is 10.6 Å². The summed E-state index contributed by atoms with van der Waals surface area (Å²) in [5, 5.41) is 8.29. The molecule has 2 aromatic carbocycles. The Balaban J connectivity index is 2.27. The lowest BCUT2D eigenvalue weighted by molar-refractivity contribution is -0.139. The highest BCUT2D eigenvalue weighted by Crippen LogP contribution is 2.38. The minimum absolute atomic E-state index is 0.249. The van der Waals surface area contributed by atoms with Crippen LogP contribution in [0.15, 0.2) is 47.7 Å². The van der Waals surface area contributed by atoms with E-state index in [-0.39, 0.29) is 6.61 Å². The second-order valence-electron chi connectivity index (χ2n) is 6.08. The van der Waals surface area contributed by atoms with Gasteiger partial charge in [0.15, 0.2) is 5.11 Å². The van der Waals surface area contributed by atoms with Crippen LogP contribution in [0.1, 0.15) is 32.4 Å². The fourth-order valence-electron chi connectivity index (χ4n) is 3.21. The predicted molar refractivity (Wildman–Crippen MR) is 106 cm³/mol. The SMILES string of the molecule is CCOC(=O)C1=C(C)NC(=S)N[C@H]1c1c(OC(C)=O)ccc2ccccc12. The second kappa shape index (κ2) is 7.75. The van der Waals surface area contributed by atoms with Gasteiger partial charge in [-0.05, 0) is 42.9 Å². The molecule has 27 heavy (non-hydrogen) atoms. The number of benzene rings is 2. The molecule has 3 rings (SSSR count). The summed E-state index contributed by atoms with van der Waals surface area (Å²) in [6, 6.07) is 10.7. The summed E-state index contributed by atoms with van der Waals surface area (Å²) >= 11 is 5.30. The maximum atomic E-state index is 12.7. The zero-order valence-corrected chi connectivity index (χ0v) is 16.1. The minimum Gasteiger partial charge on any atom is -0.463 e. The zero-order chi connectivity index (χ0) is 19.6. The molecule has 0 saturated carbocycles. The number of allylic oxidation sites excluding steroid dienone is 1. The van der Waals surface area contributed by atoms with Gasteiger partial charge in [-0.15, -0.1) is 0 Å². The van der Waals surface area contributed by atoms with Crippen molar-refractivity contribution in [2.24, 2.45) is 0 Å². The second-order valence-corrected chi connectivity index (χ2v) is 6.49. The Labute approximate surface area is 162 Å². The molecule has 140 valence electrons. The van der Waals surface area contributed by atoms with Crippen LogP contribution in [-0.4, -0.2) is 23.7 Å². The Bertz CT molecular complexity index is 968. The van der Waals surface area contributed by atoms with Gasteiger partial charge in [-0.2, -0.15) is 0 Å². The van der Waals surface area contributed by atoms with Gasteiger partial charge in [-0.1, -0.05) is 30.3 Å². The Kier molecular flexibility index (Phi) is 5.41. The molecule has 1 heterocycles. The number of rotatable bonds is 4. The minimum atomic E-state index is -0.613. The quantitative estimate of drug-likeness (QED) is 0.476. The highest BCUT2D eigenvalue weighted by molar-refractivity contribution is 7.80. The van der Waals surface area contributed by atoms with Crippen LogP contribution in [-0.2, 0) is 14.3 Å². The molecule has 0 aliphatic carbocycles. The first kappa shape index (κ1) is 18.8. The summed E-state index contributed by atoms with van der Waals surface area (Å²) < 4.78 is 10.7. The van der Waals surface area contributed by atoms with Crippen LogP contribution in [0.2, 0.25) is 0 Å². The molecule has 2 aromatic rings. The Morgan fingerprint density at radius 3 is 2.63 bits per heavy atom. The van der Waals surface area contributed by atoms with Gasteiger partial charge in [-0.3, -0.25) is 4.79 Å². The van der Waals surface area contributed by atoms with Crippen molar-refractivity contribution in [1.29, 1.82) is 0 Å². The van der Waals surface area contributed by atoms with E-state index < -0.39 is 18.0 Å². The van der Waals surface area contributed by atoms with E-state index in [1.165, 1.54) is 6.92 Å². The number of carbonyl (C=O) groups is 2. The normalized spacial score (nSPS) is 16.6. The average molecular weight is 384 g/mol. The Morgan fingerprint density at radius 2 is 1.93 bits per heavy atom. The molecule has 0 bridgehead atoms. The van der Waals surface area contributed by atoms with Gasteiger partial charge in [0.05, 0.1) is 18.2 Å². The third-order valence-electron chi connectivity index (χ3n) is 4.24. The van der Waals surface area contributed by atoms with Crippen LogP contribution in [0.25, 0.3) is 10.8 Å². The molecule has 0 fully saturated rings. The van der Waals surface area contributed by atoms with E-state index in [1.54, 1.807) is 19.9 Å². The summed E-state index contributed by atoms with van der Waals surface area (Å²) in [7, 11) is 0. The van der Waals surface area contributed by atoms with E-state index in [4.69, 9.17) is 21.7 Å². The topological polar surface area (TPSA) is 76.7 Å². The molecule has 7 heteroatoms. The van der Waals surface area contributed by atoms with Crippen LogP contribution < -0.4 is 15.4 Å². The summed E-state index contributed by atoms with van der Waals surface area (Å²) in [5.74, 6) is -0.524. The summed E-state index contributed by atoms with van der Waals surface area (Å²) in [6.07, 6.45) is 0. The van der Waals surface area contributed by atoms with E-state index in [0.29, 0.717) is 27.7 Å².